The molecule has 2 aromatic rings. The van der Waals surface area contributed by atoms with Gasteiger partial charge in [0.1, 0.15) is 10.3 Å². The second kappa shape index (κ2) is 5.16. The van der Waals surface area contributed by atoms with Gasteiger partial charge in [0.15, 0.2) is 5.82 Å². The van der Waals surface area contributed by atoms with Crippen molar-refractivity contribution in [2.75, 3.05) is 0 Å². The zero-order valence-corrected chi connectivity index (χ0v) is 13.0. The lowest BCUT2D eigenvalue weighted by atomic mass is 10.2. The molecule has 82 valence electrons. The van der Waals surface area contributed by atoms with Crippen LogP contribution in [0.5, 0.6) is 0 Å². The summed E-state index contributed by atoms with van der Waals surface area (Å²) in [4.78, 5) is 8.37. The molecule has 0 unspecified atom stereocenters. The summed E-state index contributed by atoms with van der Waals surface area (Å²) in [6.45, 7) is 0. The molecule has 16 heavy (non-hydrogen) atoms. The van der Waals surface area contributed by atoms with E-state index in [1.807, 2.05) is 46.9 Å². The first-order valence-corrected chi connectivity index (χ1v) is 6.85. The van der Waals surface area contributed by atoms with Gasteiger partial charge in [-0.15, -0.1) is 0 Å². The summed E-state index contributed by atoms with van der Waals surface area (Å²) in [7, 11) is 0. The summed E-state index contributed by atoms with van der Waals surface area (Å²) in [6.07, 6.45) is 0. The van der Waals surface area contributed by atoms with Crippen LogP contribution in [0.25, 0.3) is 11.4 Å². The number of nitrogens with zero attached hydrogens (tertiary/aromatic N) is 2. The van der Waals surface area contributed by atoms with E-state index in [1.54, 1.807) is 0 Å². The Balaban J connectivity index is 2.57. The molecule has 6 heteroatoms. The van der Waals surface area contributed by atoms with Crippen molar-refractivity contribution in [3.05, 3.63) is 42.6 Å². The van der Waals surface area contributed by atoms with Crippen LogP contribution in [0, 0.1) is 3.57 Å². The predicted octanol–water partition coefficient (Wildman–Crippen LogP) is 4.82. The Labute approximate surface area is 125 Å². The lowest BCUT2D eigenvalue weighted by Gasteiger charge is -2.04. The van der Waals surface area contributed by atoms with Crippen LogP contribution in [0.1, 0.15) is 0 Å². The number of aromatic nitrogens is 2. The van der Waals surface area contributed by atoms with Crippen LogP contribution in [0.2, 0.25) is 10.3 Å². The smallest absolute Gasteiger partial charge is 0.162 e. The molecule has 1 heterocycles. The molecule has 0 aliphatic heterocycles. The maximum atomic E-state index is 5.95. The van der Waals surface area contributed by atoms with Gasteiger partial charge in [-0.05, 0) is 34.7 Å². The van der Waals surface area contributed by atoms with Crippen molar-refractivity contribution in [1.82, 2.24) is 9.97 Å². The minimum atomic E-state index is 0.371. The summed E-state index contributed by atoms with van der Waals surface area (Å²) < 4.78 is 1.62. The molecule has 0 amide bonds. The van der Waals surface area contributed by atoms with Crippen molar-refractivity contribution in [2.24, 2.45) is 0 Å². The van der Waals surface area contributed by atoms with Crippen LogP contribution in [-0.4, -0.2) is 9.97 Å². The van der Waals surface area contributed by atoms with Crippen LogP contribution in [0.4, 0.5) is 0 Å². The van der Waals surface area contributed by atoms with E-state index >= 15 is 0 Å². The van der Waals surface area contributed by atoms with Crippen molar-refractivity contribution < 1.29 is 0 Å². The zero-order chi connectivity index (χ0) is 11.7. The highest BCUT2D eigenvalue weighted by atomic mass is 127. The van der Waals surface area contributed by atoms with E-state index in [9.17, 15) is 0 Å². The largest absolute Gasteiger partial charge is 0.215 e. The highest BCUT2D eigenvalue weighted by Gasteiger charge is 2.10. The van der Waals surface area contributed by atoms with E-state index in [0.717, 1.165) is 10.0 Å². The third kappa shape index (κ3) is 2.67. The summed E-state index contributed by atoms with van der Waals surface area (Å²) in [5.41, 5.74) is 0.870. The number of benzene rings is 1. The van der Waals surface area contributed by atoms with E-state index in [-0.39, 0.29) is 0 Å². The summed E-state index contributed by atoms with van der Waals surface area (Å²) in [6, 6.07) is 7.65. The Bertz CT molecular complexity index is 525. The van der Waals surface area contributed by atoms with Crippen molar-refractivity contribution in [3.8, 4) is 11.4 Å². The van der Waals surface area contributed by atoms with Gasteiger partial charge in [-0.1, -0.05) is 51.3 Å². The average molecular weight is 430 g/mol. The van der Waals surface area contributed by atoms with E-state index in [2.05, 4.69) is 25.9 Å². The van der Waals surface area contributed by atoms with Gasteiger partial charge in [-0.2, -0.15) is 0 Å². The van der Waals surface area contributed by atoms with Gasteiger partial charge in [0, 0.05) is 10.0 Å². The first-order valence-electron chi connectivity index (χ1n) is 4.22. The lowest BCUT2D eigenvalue weighted by molar-refractivity contribution is 1.16. The standard InChI is InChI=1S/C10H4BrCl2IN2/c11-6-3-1-2-5(4-6)10-15-8(12)7(14)9(13)16-10/h1-4H. The Morgan fingerprint density at radius 3 is 2.31 bits per heavy atom. The first-order chi connectivity index (χ1) is 7.58. The van der Waals surface area contributed by atoms with Gasteiger partial charge in [0.2, 0.25) is 0 Å². The maximum Gasteiger partial charge on any atom is 0.162 e. The minimum absolute atomic E-state index is 0.371. The topological polar surface area (TPSA) is 25.8 Å². The molecule has 2 rings (SSSR count). The Morgan fingerprint density at radius 2 is 1.75 bits per heavy atom. The Morgan fingerprint density at radius 1 is 1.12 bits per heavy atom. The number of rotatable bonds is 1. The second-order valence-corrected chi connectivity index (χ2v) is 5.66. The van der Waals surface area contributed by atoms with Gasteiger partial charge in [-0.3, -0.25) is 0 Å². The molecule has 0 saturated carbocycles. The normalized spacial score (nSPS) is 10.5. The molecule has 1 aromatic carbocycles. The fourth-order valence-electron chi connectivity index (χ4n) is 1.15. The molecule has 2 nitrogen and oxygen atoms in total. The lowest BCUT2D eigenvalue weighted by Crippen LogP contribution is -1.93. The molecule has 0 atom stereocenters. The first kappa shape index (κ1) is 12.5. The van der Waals surface area contributed by atoms with Crippen molar-refractivity contribution in [2.45, 2.75) is 0 Å². The van der Waals surface area contributed by atoms with Crippen LogP contribution < -0.4 is 0 Å². The SMILES string of the molecule is Clc1nc(-c2cccc(Br)c2)nc(Cl)c1I. The Kier molecular flexibility index (Phi) is 4.05. The fraction of sp³-hybridized carbons (Fsp3) is 0. The predicted molar refractivity (Wildman–Crippen MR) is 77.9 cm³/mol. The molecular weight excluding hydrogens is 426 g/mol. The maximum absolute atomic E-state index is 5.95. The minimum Gasteiger partial charge on any atom is -0.215 e. The van der Waals surface area contributed by atoms with Gasteiger partial charge < -0.3 is 0 Å². The average Bonchev–Trinajstić information content (AvgIpc) is 2.25. The third-order valence-corrected chi connectivity index (χ3v) is 4.55. The zero-order valence-electron chi connectivity index (χ0n) is 7.72. The molecular formula is C10H4BrCl2IN2. The molecule has 0 radical (unpaired) electrons. The van der Waals surface area contributed by atoms with E-state index < -0.39 is 0 Å². The highest BCUT2D eigenvalue weighted by Crippen LogP contribution is 2.27. The third-order valence-electron chi connectivity index (χ3n) is 1.85. The fourth-order valence-corrected chi connectivity index (χ4v) is 2.18. The molecule has 0 aliphatic rings. The van der Waals surface area contributed by atoms with Crippen LogP contribution in [-0.2, 0) is 0 Å². The van der Waals surface area contributed by atoms with Crippen molar-refractivity contribution in [1.29, 1.82) is 0 Å². The van der Waals surface area contributed by atoms with E-state index in [1.165, 1.54) is 0 Å². The quantitative estimate of drug-likeness (QED) is 0.480. The number of hydrogen-bond donors (Lipinski definition) is 0. The molecule has 0 saturated heterocycles. The Hall–Kier alpha value is 0.0900. The second-order valence-electron chi connectivity index (χ2n) is 2.95. The van der Waals surface area contributed by atoms with Crippen LogP contribution in [0.3, 0.4) is 0 Å². The number of halogens is 4. The van der Waals surface area contributed by atoms with Gasteiger partial charge in [0.05, 0.1) is 3.57 Å². The van der Waals surface area contributed by atoms with Gasteiger partial charge in [-0.25, -0.2) is 9.97 Å². The van der Waals surface area contributed by atoms with Crippen LogP contribution in [0.15, 0.2) is 28.7 Å². The summed E-state index contributed by atoms with van der Waals surface area (Å²) in [5, 5.41) is 0.742. The molecule has 0 spiro atoms. The van der Waals surface area contributed by atoms with Crippen LogP contribution >= 0.6 is 61.7 Å². The number of hydrogen-bond acceptors (Lipinski definition) is 2. The molecule has 1 aromatic heterocycles. The van der Waals surface area contributed by atoms with Crippen molar-refractivity contribution >= 4 is 61.7 Å². The van der Waals surface area contributed by atoms with E-state index in [0.29, 0.717) is 19.7 Å². The van der Waals surface area contributed by atoms with E-state index in [4.69, 9.17) is 23.2 Å². The summed E-state index contributed by atoms with van der Waals surface area (Å²) in [5.74, 6) is 0.525. The molecule has 0 aliphatic carbocycles. The van der Waals surface area contributed by atoms with Gasteiger partial charge >= 0.3 is 0 Å². The molecule has 0 N–H and O–H groups in total. The van der Waals surface area contributed by atoms with Gasteiger partial charge in [0.25, 0.3) is 0 Å². The monoisotopic (exact) mass is 428 g/mol. The molecule has 0 bridgehead atoms. The summed E-state index contributed by atoms with van der Waals surface area (Å²) >= 11 is 17.3. The molecule has 0 fully saturated rings. The van der Waals surface area contributed by atoms with Crippen molar-refractivity contribution in [3.63, 3.8) is 0 Å². The highest BCUT2D eigenvalue weighted by molar-refractivity contribution is 14.1.